The zero-order valence-electron chi connectivity index (χ0n) is 12.4. The lowest BCUT2D eigenvalue weighted by molar-refractivity contribution is -0.0471. The summed E-state index contributed by atoms with van der Waals surface area (Å²) in [6, 6.07) is -0.578. The van der Waals surface area contributed by atoms with Gasteiger partial charge in [0.15, 0.2) is 0 Å². The molecule has 0 unspecified atom stereocenters. The maximum atomic E-state index is 13.1. The summed E-state index contributed by atoms with van der Waals surface area (Å²) >= 11 is 0. The summed E-state index contributed by atoms with van der Waals surface area (Å²) in [7, 11) is 0. The highest BCUT2D eigenvalue weighted by Gasteiger charge is 2.36. The first-order valence-corrected chi connectivity index (χ1v) is 7.27. The highest BCUT2D eigenvalue weighted by Crippen LogP contribution is 2.27. The molecule has 2 rings (SSSR count). The molecule has 1 saturated heterocycles. The van der Waals surface area contributed by atoms with E-state index in [4.69, 9.17) is 0 Å². The lowest BCUT2D eigenvalue weighted by Gasteiger charge is -2.32. The summed E-state index contributed by atoms with van der Waals surface area (Å²) in [6.45, 7) is 4.70. The molecule has 118 valence electrons. The Morgan fingerprint density at radius 1 is 1.43 bits per heavy atom. The van der Waals surface area contributed by atoms with E-state index in [-0.39, 0.29) is 38.0 Å². The van der Waals surface area contributed by atoms with Gasteiger partial charge in [0.1, 0.15) is 12.2 Å². The topological polar surface area (TPSA) is 63.1 Å². The molecule has 1 atom stereocenters. The molecule has 0 bridgehead atoms. The van der Waals surface area contributed by atoms with Crippen molar-refractivity contribution in [1.82, 2.24) is 25.0 Å². The molecular formula is C13H21F2N5O. The number of piperidine rings is 1. The molecule has 6 nitrogen and oxygen atoms in total. The third-order valence-corrected chi connectivity index (χ3v) is 3.74. The largest absolute Gasteiger partial charge is 0.328 e. The van der Waals surface area contributed by atoms with Crippen LogP contribution in [0.3, 0.4) is 0 Å². The van der Waals surface area contributed by atoms with Crippen LogP contribution in [0.2, 0.25) is 0 Å². The average molecular weight is 301 g/mol. The first-order chi connectivity index (χ1) is 9.96. The minimum atomic E-state index is -2.65. The van der Waals surface area contributed by atoms with Crippen LogP contribution in [-0.4, -0.2) is 44.7 Å². The van der Waals surface area contributed by atoms with Gasteiger partial charge in [0.25, 0.3) is 5.92 Å². The molecule has 1 aromatic rings. The van der Waals surface area contributed by atoms with E-state index in [2.05, 4.69) is 15.4 Å². The number of rotatable bonds is 4. The van der Waals surface area contributed by atoms with E-state index in [1.54, 1.807) is 4.68 Å². The monoisotopic (exact) mass is 301 g/mol. The Morgan fingerprint density at radius 3 is 2.67 bits per heavy atom. The smallest absolute Gasteiger partial charge is 0.317 e. The van der Waals surface area contributed by atoms with E-state index >= 15 is 0 Å². The first-order valence-electron chi connectivity index (χ1n) is 7.27. The predicted octanol–water partition coefficient (Wildman–Crippen LogP) is 2.19. The Kier molecular flexibility index (Phi) is 4.74. The summed E-state index contributed by atoms with van der Waals surface area (Å²) in [4.78, 5) is 17.8. The van der Waals surface area contributed by atoms with Crippen LogP contribution in [0.1, 0.15) is 45.0 Å². The number of halogens is 2. The number of likely N-dealkylation sites (tertiary alicyclic amines) is 1. The lowest BCUT2D eigenvalue weighted by atomic mass is 10.1. The standard InChI is InChI=1S/C13H21F2N5O/c1-3-10(11-16-9-17-20(11)4-2)18-12(21)19-7-5-13(14,15)6-8-19/h9-10H,3-8H2,1-2H3,(H,18,21)/t10-/m1/s1. The van der Waals surface area contributed by atoms with Crippen LogP contribution < -0.4 is 5.32 Å². The van der Waals surface area contributed by atoms with Gasteiger partial charge in [0.05, 0.1) is 6.04 Å². The minimum absolute atomic E-state index is 0.0791. The lowest BCUT2D eigenvalue weighted by Crippen LogP contribution is -2.48. The number of carbonyl (C=O) groups excluding carboxylic acids is 1. The Morgan fingerprint density at radius 2 is 2.10 bits per heavy atom. The summed E-state index contributed by atoms with van der Waals surface area (Å²) in [5.41, 5.74) is 0. The van der Waals surface area contributed by atoms with Crippen molar-refractivity contribution in [1.29, 1.82) is 0 Å². The molecule has 1 aromatic heterocycles. The average Bonchev–Trinajstić information content (AvgIpc) is 2.92. The van der Waals surface area contributed by atoms with E-state index < -0.39 is 5.92 Å². The molecule has 0 spiro atoms. The highest BCUT2D eigenvalue weighted by molar-refractivity contribution is 5.74. The summed E-state index contributed by atoms with van der Waals surface area (Å²) < 4.78 is 27.9. The van der Waals surface area contributed by atoms with Gasteiger partial charge >= 0.3 is 6.03 Å². The van der Waals surface area contributed by atoms with Gasteiger partial charge < -0.3 is 10.2 Å². The summed E-state index contributed by atoms with van der Waals surface area (Å²) in [5.74, 6) is -1.96. The second kappa shape index (κ2) is 6.36. The number of aromatic nitrogens is 3. The fraction of sp³-hybridized carbons (Fsp3) is 0.769. The maximum Gasteiger partial charge on any atom is 0.317 e. The van der Waals surface area contributed by atoms with Gasteiger partial charge in [-0.3, -0.25) is 0 Å². The molecule has 0 saturated carbocycles. The van der Waals surface area contributed by atoms with Crippen LogP contribution in [0.15, 0.2) is 6.33 Å². The predicted molar refractivity (Wildman–Crippen MR) is 73.0 cm³/mol. The second-order valence-corrected chi connectivity index (χ2v) is 5.19. The molecule has 1 aliphatic rings. The number of carbonyl (C=O) groups is 1. The molecule has 2 heterocycles. The van der Waals surface area contributed by atoms with Crippen LogP contribution in [0.25, 0.3) is 0 Å². The number of nitrogens with zero attached hydrogens (tertiary/aromatic N) is 4. The van der Waals surface area contributed by atoms with Crippen LogP contribution in [0.4, 0.5) is 13.6 Å². The van der Waals surface area contributed by atoms with E-state index in [1.165, 1.54) is 11.2 Å². The van der Waals surface area contributed by atoms with Crippen LogP contribution in [0, 0.1) is 0 Å². The van der Waals surface area contributed by atoms with Gasteiger partial charge in [0, 0.05) is 32.5 Å². The van der Waals surface area contributed by atoms with Gasteiger partial charge in [-0.2, -0.15) is 5.10 Å². The zero-order valence-corrected chi connectivity index (χ0v) is 12.4. The van der Waals surface area contributed by atoms with Crippen LogP contribution in [-0.2, 0) is 6.54 Å². The van der Waals surface area contributed by atoms with Gasteiger partial charge in [0.2, 0.25) is 0 Å². The number of amides is 2. The van der Waals surface area contributed by atoms with E-state index in [0.29, 0.717) is 18.8 Å². The molecule has 2 amide bonds. The quantitative estimate of drug-likeness (QED) is 0.927. The zero-order chi connectivity index (χ0) is 15.5. The van der Waals surface area contributed by atoms with Crippen molar-refractivity contribution in [3.8, 4) is 0 Å². The highest BCUT2D eigenvalue weighted by atomic mass is 19.3. The summed E-state index contributed by atoms with van der Waals surface area (Å²) in [5, 5.41) is 6.94. The van der Waals surface area contributed by atoms with Crippen molar-refractivity contribution >= 4 is 6.03 Å². The fourth-order valence-electron chi connectivity index (χ4n) is 2.41. The fourth-order valence-corrected chi connectivity index (χ4v) is 2.41. The van der Waals surface area contributed by atoms with Crippen LogP contribution >= 0.6 is 0 Å². The molecule has 1 N–H and O–H groups in total. The molecule has 8 heteroatoms. The van der Waals surface area contributed by atoms with Crippen molar-refractivity contribution in [3.05, 3.63) is 12.2 Å². The SMILES string of the molecule is CC[C@@H](NC(=O)N1CCC(F)(F)CC1)c1ncnn1CC. The number of aryl methyl sites for hydroxylation is 1. The normalized spacial score (nSPS) is 19.3. The third kappa shape index (κ3) is 3.68. The Hall–Kier alpha value is -1.73. The number of urea groups is 1. The van der Waals surface area contributed by atoms with Gasteiger partial charge in [-0.05, 0) is 13.3 Å². The van der Waals surface area contributed by atoms with Crippen molar-refractivity contribution in [3.63, 3.8) is 0 Å². The number of hydrogen-bond acceptors (Lipinski definition) is 3. The Bertz CT molecular complexity index is 481. The minimum Gasteiger partial charge on any atom is -0.328 e. The van der Waals surface area contributed by atoms with E-state index in [9.17, 15) is 13.6 Å². The van der Waals surface area contributed by atoms with Gasteiger partial charge in [-0.15, -0.1) is 0 Å². The van der Waals surface area contributed by atoms with Crippen molar-refractivity contribution in [2.45, 2.75) is 51.6 Å². The number of alkyl halides is 2. The molecular weight excluding hydrogens is 280 g/mol. The third-order valence-electron chi connectivity index (χ3n) is 3.74. The van der Waals surface area contributed by atoms with Gasteiger partial charge in [-0.25, -0.2) is 23.2 Å². The molecule has 0 aromatic carbocycles. The van der Waals surface area contributed by atoms with Crippen molar-refractivity contribution in [2.24, 2.45) is 0 Å². The Labute approximate surface area is 122 Å². The Balaban J connectivity index is 1.97. The van der Waals surface area contributed by atoms with E-state index in [1.807, 2.05) is 13.8 Å². The molecule has 21 heavy (non-hydrogen) atoms. The second-order valence-electron chi connectivity index (χ2n) is 5.19. The summed E-state index contributed by atoms with van der Waals surface area (Å²) in [6.07, 6.45) is 1.56. The number of hydrogen-bond donors (Lipinski definition) is 1. The first kappa shape index (κ1) is 15.7. The maximum absolute atomic E-state index is 13.1. The molecule has 1 fully saturated rings. The van der Waals surface area contributed by atoms with Crippen molar-refractivity contribution < 1.29 is 13.6 Å². The molecule has 0 aliphatic carbocycles. The molecule has 0 radical (unpaired) electrons. The van der Waals surface area contributed by atoms with Crippen LogP contribution in [0.5, 0.6) is 0 Å². The van der Waals surface area contributed by atoms with Gasteiger partial charge in [-0.1, -0.05) is 6.92 Å². The number of nitrogens with one attached hydrogen (secondary N) is 1. The van der Waals surface area contributed by atoms with Crippen molar-refractivity contribution in [2.75, 3.05) is 13.1 Å². The molecule has 1 aliphatic heterocycles. The van der Waals surface area contributed by atoms with E-state index in [0.717, 1.165) is 0 Å².